The van der Waals surface area contributed by atoms with E-state index in [1.807, 2.05) is 6.92 Å². The summed E-state index contributed by atoms with van der Waals surface area (Å²) in [4.78, 5) is 10.1. The Bertz CT molecular complexity index is 631. The highest BCUT2D eigenvalue weighted by Crippen LogP contribution is 2.31. The van der Waals surface area contributed by atoms with Crippen molar-refractivity contribution in [2.75, 3.05) is 7.05 Å². The molecule has 0 N–H and O–H groups in total. The molecule has 0 fully saturated rings. The van der Waals surface area contributed by atoms with E-state index in [0.717, 1.165) is 6.07 Å². The van der Waals surface area contributed by atoms with Gasteiger partial charge in [0.25, 0.3) is 5.69 Å². The van der Waals surface area contributed by atoms with Gasteiger partial charge in [-0.25, -0.2) is 8.42 Å². The fraction of sp³-hybridized carbons (Fsp3) is 0.500. The minimum absolute atomic E-state index is 0.0716. The highest BCUT2D eigenvalue weighted by atomic mass is 35.5. The van der Waals surface area contributed by atoms with E-state index in [-0.39, 0.29) is 16.0 Å². The lowest BCUT2D eigenvalue weighted by Crippen LogP contribution is -2.35. The van der Waals surface area contributed by atoms with Gasteiger partial charge < -0.3 is 0 Å². The molecule has 0 saturated carbocycles. The summed E-state index contributed by atoms with van der Waals surface area (Å²) in [5, 5.41) is 10.8. The number of rotatable bonds is 5. The van der Waals surface area contributed by atoms with Gasteiger partial charge in [0.05, 0.1) is 9.82 Å². The lowest BCUT2D eigenvalue weighted by atomic mass is 10.2. The molecule has 0 spiro atoms. The van der Waals surface area contributed by atoms with E-state index in [1.54, 1.807) is 13.8 Å². The summed E-state index contributed by atoms with van der Waals surface area (Å²) in [7, 11) is -2.32. The van der Waals surface area contributed by atoms with Crippen LogP contribution in [0.15, 0.2) is 17.0 Å². The van der Waals surface area contributed by atoms with Crippen LogP contribution < -0.4 is 0 Å². The maximum absolute atomic E-state index is 12.5. The van der Waals surface area contributed by atoms with Crippen molar-refractivity contribution in [3.63, 3.8) is 0 Å². The van der Waals surface area contributed by atoms with Crippen molar-refractivity contribution in [2.24, 2.45) is 0 Å². The van der Waals surface area contributed by atoms with Crippen molar-refractivity contribution in [3.05, 3.63) is 32.8 Å². The normalized spacial score (nSPS) is 13.5. The van der Waals surface area contributed by atoms with E-state index in [9.17, 15) is 18.5 Å². The van der Waals surface area contributed by atoms with Crippen LogP contribution in [0.4, 0.5) is 5.69 Å². The molecule has 8 heteroatoms. The minimum Gasteiger partial charge on any atom is -0.258 e. The first kappa shape index (κ1) is 16.9. The van der Waals surface area contributed by atoms with Gasteiger partial charge in [-0.15, -0.1) is 0 Å². The highest BCUT2D eigenvalue weighted by molar-refractivity contribution is 7.89. The van der Waals surface area contributed by atoms with Crippen molar-refractivity contribution in [1.29, 1.82) is 0 Å². The Kier molecular flexibility index (Phi) is 5.12. The van der Waals surface area contributed by atoms with Crippen LogP contribution in [-0.2, 0) is 10.0 Å². The molecule has 0 aliphatic heterocycles. The summed E-state index contributed by atoms with van der Waals surface area (Å²) >= 11 is 5.77. The second kappa shape index (κ2) is 6.07. The molecule has 1 aromatic carbocycles. The molecule has 1 atom stereocenters. The third kappa shape index (κ3) is 3.11. The monoisotopic (exact) mass is 320 g/mol. The van der Waals surface area contributed by atoms with Gasteiger partial charge in [-0.3, -0.25) is 10.1 Å². The predicted octanol–water partition coefficient (Wildman–Crippen LogP) is 2.98. The Balaban J connectivity index is 3.46. The minimum atomic E-state index is -3.78. The maximum atomic E-state index is 12.5. The first-order valence-corrected chi connectivity index (χ1v) is 7.87. The Hall–Kier alpha value is -1.18. The van der Waals surface area contributed by atoms with E-state index in [2.05, 4.69) is 0 Å². The average molecular weight is 321 g/mol. The van der Waals surface area contributed by atoms with Crippen LogP contribution in [-0.4, -0.2) is 30.7 Å². The number of sulfonamides is 1. The van der Waals surface area contributed by atoms with Crippen LogP contribution in [0.5, 0.6) is 0 Å². The molecule has 0 aliphatic carbocycles. The lowest BCUT2D eigenvalue weighted by Gasteiger charge is -2.24. The van der Waals surface area contributed by atoms with E-state index >= 15 is 0 Å². The molecule has 0 aromatic heterocycles. The molecule has 1 unspecified atom stereocenters. The van der Waals surface area contributed by atoms with E-state index in [0.29, 0.717) is 12.0 Å². The summed E-state index contributed by atoms with van der Waals surface area (Å²) in [5.41, 5.74) is -0.0239. The summed E-state index contributed by atoms with van der Waals surface area (Å²) in [6, 6.07) is 2.12. The molecule has 6 nitrogen and oxygen atoms in total. The van der Waals surface area contributed by atoms with E-state index < -0.39 is 20.6 Å². The van der Waals surface area contributed by atoms with Gasteiger partial charge in [0.1, 0.15) is 5.02 Å². The third-order valence-electron chi connectivity index (χ3n) is 3.31. The molecular weight excluding hydrogens is 304 g/mol. The van der Waals surface area contributed by atoms with Crippen molar-refractivity contribution >= 4 is 27.3 Å². The molecule has 0 amide bonds. The average Bonchev–Trinajstić information content (AvgIpc) is 2.35. The second-order valence-electron chi connectivity index (χ2n) is 4.60. The van der Waals surface area contributed by atoms with Gasteiger partial charge in [0, 0.05) is 19.2 Å². The SMILES string of the molecule is CCC(C)N(C)S(=O)(=O)c1cc([N+](=O)[O-])c(Cl)cc1C. The van der Waals surface area contributed by atoms with Crippen molar-refractivity contribution < 1.29 is 13.3 Å². The Morgan fingerprint density at radius 1 is 1.45 bits per heavy atom. The maximum Gasteiger partial charge on any atom is 0.289 e. The van der Waals surface area contributed by atoms with Gasteiger partial charge in [-0.1, -0.05) is 18.5 Å². The van der Waals surface area contributed by atoms with Gasteiger partial charge >= 0.3 is 0 Å². The number of nitro benzene ring substituents is 1. The molecule has 20 heavy (non-hydrogen) atoms. The zero-order valence-corrected chi connectivity index (χ0v) is 13.3. The molecular formula is C12H17ClN2O4S. The van der Waals surface area contributed by atoms with Crippen LogP contribution in [0.25, 0.3) is 0 Å². The van der Waals surface area contributed by atoms with Crippen molar-refractivity contribution in [3.8, 4) is 0 Å². The molecule has 0 aliphatic rings. The molecule has 112 valence electrons. The zero-order chi connectivity index (χ0) is 15.7. The Labute approximate surface area is 123 Å². The molecule has 0 bridgehead atoms. The number of nitrogens with zero attached hydrogens (tertiary/aromatic N) is 2. The Morgan fingerprint density at radius 3 is 2.45 bits per heavy atom. The first-order chi connectivity index (χ1) is 9.12. The fourth-order valence-electron chi connectivity index (χ4n) is 1.71. The zero-order valence-electron chi connectivity index (χ0n) is 11.8. The van der Waals surface area contributed by atoms with Crippen molar-refractivity contribution in [1.82, 2.24) is 4.31 Å². The molecule has 1 aromatic rings. The quantitative estimate of drug-likeness (QED) is 0.617. The number of halogens is 1. The fourth-order valence-corrected chi connectivity index (χ4v) is 3.66. The third-order valence-corrected chi connectivity index (χ3v) is 5.73. The van der Waals surface area contributed by atoms with Gasteiger partial charge in [-0.2, -0.15) is 4.31 Å². The first-order valence-electron chi connectivity index (χ1n) is 6.05. The number of nitro groups is 1. The van der Waals surface area contributed by atoms with Gasteiger partial charge in [0.2, 0.25) is 10.0 Å². The molecule has 1 rings (SSSR count). The van der Waals surface area contributed by atoms with Crippen LogP contribution in [0, 0.1) is 17.0 Å². The van der Waals surface area contributed by atoms with Gasteiger partial charge in [0.15, 0.2) is 0 Å². The van der Waals surface area contributed by atoms with Gasteiger partial charge in [-0.05, 0) is 31.9 Å². The van der Waals surface area contributed by atoms with Crippen molar-refractivity contribution in [2.45, 2.75) is 38.1 Å². The largest absolute Gasteiger partial charge is 0.289 e. The topological polar surface area (TPSA) is 80.5 Å². The predicted molar refractivity (Wildman–Crippen MR) is 77.5 cm³/mol. The van der Waals surface area contributed by atoms with E-state index in [1.165, 1.54) is 17.4 Å². The van der Waals surface area contributed by atoms with E-state index in [4.69, 9.17) is 11.6 Å². The number of benzene rings is 1. The standard InChI is InChI=1S/C12H17ClN2O4S/c1-5-9(3)14(4)20(18,19)12-7-11(15(16)17)10(13)6-8(12)2/h6-7,9H,5H2,1-4H3. The summed E-state index contributed by atoms with van der Waals surface area (Å²) in [6.45, 7) is 5.21. The van der Waals surface area contributed by atoms with Crippen LogP contribution in [0.2, 0.25) is 5.02 Å². The number of aryl methyl sites for hydroxylation is 1. The van der Waals surface area contributed by atoms with Crippen LogP contribution in [0.3, 0.4) is 0 Å². The summed E-state index contributed by atoms with van der Waals surface area (Å²) in [5.74, 6) is 0. The highest BCUT2D eigenvalue weighted by Gasteiger charge is 2.29. The molecule has 0 saturated heterocycles. The summed E-state index contributed by atoms with van der Waals surface area (Å²) in [6.07, 6.45) is 0.643. The Morgan fingerprint density at radius 2 is 2.00 bits per heavy atom. The lowest BCUT2D eigenvalue weighted by molar-refractivity contribution is -0.384. The number of hydrogen-bond donors (Lipinski definition) is 0. The molecule has 0 radical (unpaired) electrons. The number of hydrogen-bond acceptors (Lipinski definition) is 4. The summed E-state index contributed by atoms with van der Waals surface area (Å²) < 4.78 is 26.2. The van der Waals surface area contributed by atoms with Crippen LogP contribution in [0.1, 0.15) is 25.8 Å². The smallest absolute Gasteiger partial charge is 0.258 e. The molecule has 0 heterocycles. The van der Waals surface area contributed by atoms with Crippen LogP contribution >= 0.6 is 11.6 Å². The second-order valence-corrected chi connectivity index (χ2v) is 6.98.